The van der Waals surface area contributed by atoms with Crippen molar-refractivity contribution in [2.75, 3.05) is 13.7 Å². The lowest BCUT2D eigenvalue weighted by Crippen LogP contribution is -2.38. The maximum absolute atomic E-state index is 13.0. The van der Waals surface area contributed by atoms with Crippen molar-refractivity contribution in [2.45, 2.75) is 6.54 Å². The summed E-state index contributed by atoms with van der Waals surface area (Å²) >= 11 is 0. The van der Waals surface area contributed by atoms with Gasteiger partial charge in [-0.3, -0.25) is 10.1 Å². The number of urea groups is 1. The van der Waals surface area contributed by atoms with Crippen LogP contribution < -0.4 is 21.1 Å². The van der Waals surface area contributed by atoms with Crippen LogP contribution in [0.2, 0.25) is 0 Å². The fourth-order valence-electron chi connectivity index (χ4n) is 1.33. The molecular weight excluding hydrogens is 241 g/mol. The Morgan fingerprint density at radius 3 is 2.78 bits per heavy atom. The summed E-state index contributed by atoms with van der Waals surface area (Å²) in [6.45, 7) is 0.0236. The van der Waals surface area contributed by atoms with Gasteiger partial charge in [0, 0.05) is 12.1 Å². The molecule has 6 nitrogen and oxygen atoms in total. The van der Waals surface area contributed by atoms with Crippen LogP contribution in [0.15, 0.2) is 18.2 Å². The number of hydrogen-bond acceptors (Lipinski definition) is 4. The van der Waals surface area contributed by atoms with Gasteiger partial charge in [0.05, 0.1) is 0 Å². The third-order valence-corrected chi connectivity index (χ3v) is 2.01. The van der Waals surface area contributed by atoms with E-state index in [1.165, 1.54) is 18.2 Å². The Labute approximate surface area is 103 Å². The normalized spacial score (nSPS) is 9.89. The molecule has 0 saturated carbocycles. The van der Waals surface area contributed by atoms with Crippen LogP contribution >= 0.6 is 0 Å². The van der Waals surface area contributed by atoms with Crippen LogP contribution in [0, 0.1) is 5.82 Å². The van der Waals surface area contributed by atoms with Gasteiger partial charge in [0.2, 0.25) is 0 Å². The molecule has 1 rings (SSSR count). The predicted octanol–water partition coefficient (Wildman–Crippen LogP) is 0.119. The quantitative estimate of drug-likeness (QED) is 0.696. The SMILES string of the molecule is CNCc1cc(F)ccc1OCC(=O)NC(N)=O. The summed E-state index contributed by atoms with van der Waals surface area (Å²) < 4.78 is 18.2. The van der Waals surface area contributed by atoms with Gasteiger partial charge in [0.25, 0.3) is 5.91 Å². The van der Waals surface area contributed by atoms with E-state index in [2.05, 4.69) is 5.32 Å². The highest BCUT2D eigenvalue weighted by atomic mass is 19.1. The molecule has 4 N–H and O–H groups in total. The second kappa shape index (κ2) is 6.55. The van der Waals surface area contributed by atoms with Crippen molar-refractivity contribution < 1.29 is 18.7 Å². The van der Waals surface area contributed by atoms with Crippen LogP contribution in [0.25, 0.3) is 0 Å². The first-order valence-corrected chi connectivity index (χ1v) is 5.18. The lowest BCUT2D eigenvalue weighted by molar-refractivity contribution is -0.121. The second-order valence-corrected chi connectivity index (χ2v) is 3.48. The van der Waals surface area contributed by atoms with E-state index in [9.17, 15) is 14.0 Å². The molecule has 0 aliphatic heterocycles. The molecule has 18 heavy (non-hydrogen) atoms. The molecule has 0 atom stereocenters. The van der Waals surface area contributed by atoms with E-state index in [1.807, 2.05) is 5.32 Å². The Hall–Kier alpha value is -2.15. The molecule has 0 fully saturated rings. The van der Waals surface area contributed by atoms with Gasteiger partial charge in [-0.15, -0.1) is 0 Å². The zero-order valence-corrected chi connectivity index (χ0v) is 9.83. The molecule has 0 saturated heterocycles. The van der Waals surface area contributed by atoms with Gasteiger partial charge in [0.15, 0.2) is 6.61 Å². The van der Waals surface area contributed by atoms with Gasteiger partial charge in [-0.1, -0.05) is 0 Å². The van der Waals surface area contributed by atoms with Crippen LogP contribution in [0.4, 0.5) is 9.18 Å². The molecule has 1 aromatic rings. The minimum absolute atomic E-state index is 0.366. The number of hydrogen-bond donors (Lipinski definition) is 3. The predicted molar refractivity (Wildman–Crippen MR) is 62.4 cm³/mol. The van der Waals surface area contributed by atoms with Gasteiger partial charge in [0.1, 0.15) is 11.6 Å². The van der Waals surface area contributed by atoms with Crippen LogP contribution in [0.1, 0.15) is 5.56 Å². The van der Waals surface area contributed by atoms with Crippen molar-refractivity contribution in [3.05, 3.63) is 29.6 Å². The molecule has 0 aliphatic carbocycles. The molecule has 1 aromatic carbocycles. The summed E-state index contributed by atoms with van der Waals surface area (Å²) in [5.74, 6) is -0.693. The average Bonchev–Trinajstić information content (AvgIpc) is 2.27. The number of carbonyl (C=O) groups is 2. The van der Waals surface area contributed by atoms with Gasteiger partial charge < -0.3 is 15.8 Å². The highest BCUT2D eigenvalue weighted by Gasteiger charge is 2.09. The monoisotopic (exact) mass is 255 g/mol. The molecule has 3 amide bonds. The van der Waals surface area contributed by atoms with Gasteiger partial charge in [-0.2, -0.15) is 0 Å². The van der Waals surface area contributed by atoms with E-state index < -0.39 is 17.8 Å². The van der Waals surface area contributed by atoms with E-state index in [-0.39, 0.29) is 6.61 Å². The Balaban J connectivity index is 2.66. The Kier molecular flexibility index (Phi) is 5.06. The molecule has 0 aliphatic rings. The lowest BCUT2D eigenvalue weighted by Gasteiger charge is -2.10. The number of ether oxygens (including phenoxy) is 1. The number of benzene rings is 1. The zero-order chi connectivity index (χ0) is 13.5. The zero-order valence-electron chi connectivity index (χ0n) is 9.83. The highest BCUT2D eigenvalue weighted by Crippen LogP contribution is 2.19. The number of nitrogens with two attached hydrogens (primary N) is 1. The minimum Gasteiger partial charge on any atom is -0.483 e. The smallest absolute Gasteiger partial charge is 0.318 e. The topological polar surface area (TPSA) is 93.4 Å². The van der Waals surface area contributed by atoms with Gasteiger partial charge in [-0.05, 0) is 25.2 Å². The summed E-state index contributed by atoms with van der Waals surface area (Å²) in [6.07, 6.45) is 0. The van der Waals surface area contributed by atoms with Gasteiger partial charge >= 0.3 is 6.03 Å². The van der Waals surface area contributed by atoms with Crippen LogP contribution in [-0.2, 0) is 11.3 Å². The van der Waals surface area contributed by atoms with Crippen molar-refractivity contribution >= 4 is 11.9 Å². The number of halogens is 1. The number of nitrogens with one attached hydrogen (secondary N) is 2. The van der Waals surface area contributed by atoms with E-state index in [4.69, 9.17) is 10.5 Å². The largest absolute Gasteiger partial charge is 0.483 e. The van der Waals surface area contributed by atoms with Crippen LogP contribution in [0.3, 0.4) is 0 Å². The fraction of sp³-hybridized carbons (Fsp3) is 0.273. The summed E-state index contributed by atoms with van der Waals surface area (Å²) in [5.41, 5.74) is 5.35. The Morgan fingerprint density at radius 2 is 2.17 bits per heavy atom. The van der Waals surface area contributed by atoms with E-state index >= 15 is 0 Å². The Morgan fingerprint density at radius 1 is 1.44 bits per heavy atom. The Bertz CT molecular complexity index is 451. The number of amides is 3. The van der Waals surface area contributed by atoms with E-state index in [0.717, 1.165) is 0 Å². The van der Waals surface area contributed by atoms with Crippen molar-refractivity contribution in [3.8, 4) is 5.75 Å². The molecule has 0 bridgehead atoms. The van der Waals surface area contributed by atoms with E-state index in [0.29, 0.717) is 17.9 Å². The number of rotatable bonds is 5. The number of carbonyl (C=O) groups excluding carboxylic acids is 2. The molecule has 0 spiro atoms. The summed E-state index contributed by atoms with van der Waals surface area (Å²) in [7, 11) is 1.70. The highest BCUT2D eigenvalue weighted by molar-refractivity contribution is 5.94. The van der Waals surface area contributed by atoms with Crippen molar-refractivity contribution in [2.24, 2.45) is 5.73 Å². The molecule has 98 valence electrons. The standard InChI is InChI=1S/C11H14FN3O3/c1-14-5-7-4-8(12)2-3-9(7)18-6-10(16)15-11(13)17/h2-4,14H,5-6H2,1H3,(H3,13,15,16,17). The molecule has 0 aromatic heterocycles. The average molecular weight is 255 g/mol. The number of primary amides is 1. The van der Waals surface area contributed by atoms with Crippen molar-refractivity contribution in [1.29, 1.82) is 0 Å². The maximum Gasteiger partial charge on any atom is 0.318 e. The third-order valence-electron chi connectivity index (χ3n) is 2.01. The first kappa shape index (κ1) is 13.9. The molecule has 0 unspecified atom stereocenters. The van der Waals surface area contributed by atoms with Gasteiger partial charge in [-0.25, -0.2) is 9.18 Å². The second-order valence-electron chi connectivity index (χ2n) is 3.48. The summed E-state index contributed by atoms with van der Waals surface area (Å²) in [5, 5.41) is 4.71. The molecule has 0 radical (unpaired) electrons. The third kappa shape index (κ3) is 4.38. The number of imide groups is 1. The summed E-state index contributed by atoms with van der Waals surface area (Å²) in [6, 6.07) is 3.00. The maximum atomic E-state index is 13.0. The fourth-order valence-corrected chi connectivity index (χ4v) is 1.33. The van der Waals surface area contributed by atoms with Crippen molar-refractivity contribution in [1.82, 2.24) is 10.6 Å². The summed E-state index contributed by atoms with van der Waals surface area (Å²) in [4.78, 5) is 21.5. The molecular formula is C11H14FN3O3. The molecule has 7 heteroatoms. The van der Waals surface area contributed by atoms with Crippen LogP contribution in [0.5, 0.6) is 5.75 Å². The first-order valence-electron chi connectivity index (χ1n) is 5.18. The van der Waals surface area contributed by atoms with E-state index in [1.54, 1.807) is 7.05 Å². The minimum atomic E-state index is -0.946. The van der Waals surface area contributed by atoms with Crippen molar-refractivity contribution in [3.63, 3.8) is 0 Å². The molecule has 0 heterocycles. The first-order chi connectivity index (χ1) is 8.52. The van der Waals surface area contributed by atoms with Crippen LogP contribution in [-0.4, -0.2) is 25.6 Å². The lowest BCUT2D eigenvalue weighted by atomic mass is 10.2.